The maximum atomic E-state index is 2.51. The summed E-state index contributed by atoms with van der Waals surface area (Å²) >= 11 is -0.442. The van der Waals surface area contributed by atoms with E-state index in [-0.39, 0.29) is 0 Å². The van der Waals surface area contributed by atoms with Crippen LogP contribution in [0.25, 0.3) is 0 Å². The first-order valence-electron chi connectivity index (χ1n) is 4.84. The Morgan fingerprint density at radius 2 is 1.91 bits per heavy atom. The van der Waals surface area contributed by atoms with E-state index >= 15 is 0 Å². The molecular weight excluding hydrogens is 147 g/mol. The Morgan fingerprint density at radius 3 is 2.36 bits per heavy atom. The van der Waals surface area contributed by atoms with Crippen LogP contribution in [0.2, 0.25) is 11.6 Å². The fourth-order valence-corrected chi connectivity index (χ4v) is 2.61. The average molecular weight is 168 g/mol. The summed E-state index contributed by atoms with van der Waals surface area (Å²) in [5.74, 6) is 4.76. The Bertz CT molecular complexity index is 114. The van der Waals surface area contributed by atoms with E-state index in [9.17, 15) is 0 Å². The maximum absolute atomic E-state index is 2.51. The summed E-state index contributed by atoms with van der Waals surface area (Å²) in [6.45, 7) is 4.54. The highest BCUT2D eigenvalue weighted by molar-refractivity contribution is 6.61. The van der Waals surface area contributed by atoms with Gasteiger partial charge in [-0.25, -0.2) is 0 Å². The van der Waals surface area contributed by atoms with Gasteiger partial charge in [0, 0.05) is 0 Å². The first-order chi connectivity index (χ1) is 5.16. The lowest BCUT2D eigenvalue weighted by atomic mass is 10.1. The van der Waals surface area contributed by atoms with Gasteiger partial charge in [0.15, 0.2) is 0 Å². The van der Waals surface area contributed by atoms with E-state index < -0.39 is 14.1 Å². The summed E-state index contributed by atoms with van der Waals surface area (Å²) in [4.78, 5) is 2.51. The molecule has 11 heavy (non-hydrogen) atoms. The molecule has 0 amide bonds. The minimum atomic E-state index is -0.442. The van der Waals surface area contributed by atoms with Gasteiger partial charge >= 0.3 is 0 Å². The van der Waals surface area contributed by atoms with Crippen LogP contribution in [0.1, 0.15) is 39.5 Å². The molecule has 0 rings (SSSR count). The Morgan fingerprint density at radius 1 is 1.27 bits per heavy atom. The molecule has 64 valence electrons. The summed E-state index contributed by atoms with van der Waals surface area (Å²) in [6, 6.07) is 0. The van der Waals surface area contributed by atoms with Crippen LogP contribution in [0.4, 0.5) is 0 Å². The average Bonchev–Trinajstić information content (AvgIpc) is 1.86. The molecule has 0 radical (unpaired) electrons. The van der Waals surface area contributed by atoms with Gasteiger partial charge in [0.25, 0.3) is 14.1 Å². The molecule has 0 heterocycles. The normalized spacial score (nSPS) is 11.8. The molecule has 0 unspecified atom stereocenters. The molecule has 0 saturated carbocycles. The molecule has 0 bridgehead atoms. The molecule has 0 N–H and O–H groups in total. The van der Waals surface area contributed by atoms with Gasteiger partial charge in [-0.05, 0) is 19.8 Å². The van der Waals surface area contributed by atoms with Crippen molar-refractivity contribution in [3.8, 4) is 0 Å². The number of rotatable bonds is 5. The van der Waals surface area contributed by atoms with Gasteiger partial charge in [-0.3, -0.25) is 0 Å². The molecule has 0 aromatic carbocycles. The van der Waals surface area contributed by atoms with Gasteiger partial charge in [0.2, 0.25) is 0 Å². The van der Waals surface area contributed by atoms with E-state index in [4.69, 9.17) is 0 Å². The molecule has 0 fully saturated rings. The zero-order valence-corrected chi connectivity index (χ0v) is 9.64. The molecule has 1 heteroatoms. The Kier molecular flexibility index (Phi) is 7.12. The largest absolute Gasteiger partial charge is 0.288 e. The van der Waals surface area contributed by atoms with Crippen LogP contribution in [0, 0.1) is 0 Å². The van der Waals surface area contributed by atoms with Crippen molar-refractivity contribution >= 4 is 14.1 Å². The number of hydrogen-bond acceptors (Lipinski definition) is 0. The minimum absolute atomic E-state index is 0.442. The monoisotopic (exact) mass is 168 g/mol. The second-order valence-corrected chi connectivity index (χ2v) is 6.54. The third-order valence-electron chi connectivity index (χ3n) is 1.79. The molecular formula is C10H21Al. The Hall–Kier alpha value is 0.272. The topological polar surface area (TPSA) is 0 Å². The zero-order valence-electron chi connectivity index (χ0n) is 8.48. The van der Waals surface area contributed by atoms with Crippen LogP contribution in [0.15, 0.2) is 10.5 Å². The summed E-state index contributed by atoms with van der Waals surface area (Å²) < 4.78 is 0. The van der Waals surface area contributed by atoms with E-state index in [0.717, 1.165) is 0 Å². The molecule has 0 atom stereocenters. The van der Waals surface area contributed by atoms with Crippen molar-refractivity contribution in [3.05, 3.63) is 10.5 Å². The van der Waals surface area contributed by atoms with Gasteiger partial charge in [0.05, 0.1) is 0 Å². The highest BCUT2D eigenvalue weighted by Crippen LogP contribution is 2.08. The second kappa shape index (κ2) is 6.95. The van der Waals surface area contributed by atoms with Gasteiger partial charge in [-0.1, -0.05) is 25.3 Å². The lowest BCUT2D eigenvalue weighted by Gasteiger charge is -2.00. The molecule has 0 aliphatic rings. The Labute approximate surface area is 76.1 Å². The van der Waals surface area contributed by atoms with Crippen molar-refractivity contribution in [2.45, 2.75) is 51.1 Å². The lowest BCUT2D eigenvalue weighted by Crippen LogP contribution is -1.95. The SMILES string of the molecule is CCCCCC(C)=[CH][Al]([CH3])[CH3]. The molecule has 0 nitrogen and oxygen atoms in total. The van der Waals surface area contributed by atoms with Crippen LogP contribution in [-0.2, 0) is 0 Å². The molecule has 0 aliphatic heterocycles. The number of allylic oxidation sites excluding steroid dienone is 1. The summed E-state index contributed by atoms with van der Waals surface area (Å²) in [7, 11) is 0. The maximum Gasteiger partial charge on any atom is 0.288 e. The standard InChI is InChI=1S/C8H15.2CH3.Al/c1-4-5-6-7-8(2)3;;;/h2H,4-7H2,1,3H3;2*1H3;. The first kappa shape index (κ1) is 11.3. The van der Waals surface area contributed by atoms with E-state index in [0.29, 0.717) is 0 Å². The van der Waals surface area contributed by atoms with Gasteiger partial charge < -0.3 is 0 Å². The van der Waals surface area contributed by atoms with Crippen LogP contribution in [-0.4, -0.2) is 14.1 Å². The van der Waals surface area contributed by atoms with Crippen molar-refractivity contribution in [1.82, 2.24) is 0 Å². The molecule has 0 aromatic rings. The van der Waals surface area contributed by atoms with Gasteiger partial charge in [0.1, 0.15) is 0 Å². The van der Waals surface area contributed by atoms with Crippen molar-refractivity contribution in [3.63, 3.8) is 0 Å². The Balaban J connectivity index is 3.43. The fourth-order valence-electron chi connectivity index (χ4n) is 1.31. The van der Waals surface area contributed by atoms with E-state index in [1.807, 2.05) is 0 Å². The van der Waals surface area contributed by atoms with Crippen LogP contribution < -0.4 is 0 Å². The fraction of sp³-hybridized carbons (Fsp3) is 0.800. The van der Waals surface area contributed by atoms with E-state index in [2.05, 4.69) is 30.4 Å². The molecule has 0 saturated heterocycles. The van der Waals surface area contributed by atoms with Crippen molar-refractivity contribution in [1.29, 1.82) is 0 Å². The number of hydrogen-bond donors (Lipinski definition) is 0. The molecule has 0 spiro atoms. The quantitative estimate of drug-likeness (QED) is 0.432. The smallest absolute Gasteiger partial charge is 0.146 e. The second-order valence-electron chi connectivity index (χ2n) is 3.71. The molecule has 0 aliphatic carbocycles. The van der Waals surface area contributed by atoms with Crippen LogP contribution in [0.3, 0.4) is 0 Å². The highest BCUT2D eigenvalue weighted by atomic mass is 27.2. The predicted octanol–water partition coefficient (Wildman–Crippen LogP) is 3.81. The zero-order chi connectivity index (χ0) is 8.69. The predicted molar refractivity (Wildman–Crippen MR) is 55.4 cm³/mol. The van der Waals surface area contributed by atoms with Crippen molar-refractivity contribution in [2.24, 2.45) is 0 Å². The van der Waals surface area contributed by atoms with Crippen LogP contribution >= 0.6 is 0 Å². The van der Waals surface area contributed by atoms with Crippen molar-refractivity contribution in [2.75, 3.05) is 0 Å². The first-order valence-corrected chi connectivity index (χ1v) is 7.81. The molecule has 0 aromatic heterocycles. The van der Waals surface area contributed by atoms with E-state index in [1.54, 1.807) is 5.57 Å². The third kappa shape index (κ3) is 8.18. The summed E-state index contributed by atoms with van der Waals surface area (Å²) in [5, 5.41) is 0. The van der Waals surface area contributed by atoms with E-state index in [1.165, 1.54) is 25.7 Å². The van der Waals surface area contributed by atoms with Gasteiger partial charge in [-0.2, -0.15) is 0 Å². The lowest BCUT2D eigenvalue weighted by molar-refractivity contribution is 0.714. The third-order valence-corrected chi connectivity index (χ3v) is 3.03. The van der Waals surface area contributed by atoms with Crippen molar-refractivity contribution < 1.29 is 0 Å². The summed E-state index contributed by atoms with van der Waals surface area (Å²) in [6.07, 6.45) is 5.45. The summed E-state index contributed by atoms with van der Waals surface area (Å²) in [5.41, 5.74) is 1.63. The number of unbranched alkanes of at least 4 members (excludes halogenated alkanes) is 2. The van der Waals surface area contributed by atoms with Crippen LogP contribution in [0.5, 0.6) is 0 Å². The minimum Gasteiger partial charge on any atom is -0.146 e. The van der Waals surface area contributed by atoms with Gasteiger partial charge in [-0.15, -0.1) is 16.5 Å². The highest BCUT2D eigenvalue weighted by Gasteiger charge is 1.97.